The van der Waals surface area contributed by atoms with Crippen LogP contribution in [0.4, 0.5) is 0 Å². The van der Waals surface area contributed by atoms with Gasteiger partial charge in [0.15, 0.2) is 0 Å². The molecule has 2 aromatic rings. The number of amides is 1. The van der Waals surface area contributed by atoms with Crippen LogP contribution in [0.2, 0.25) is 5.02 Å². The van der Waals surface area contributed by atoms with Gasteiger partial charge in [0.2, 0.25) is 11.8 Å². The van der Waals surface area contributed by atoms with Crippen LogP contribution >= 0.6 is 11.6 Å². The summed E-state index contributed by atoms with van der Waals surface area (Å²) in [5.74, 6) is 0.909. The van der Waals surface area contributed by atoms with Crippen LogP contribution in [-0.4, -0.2) is 33.6 Å². The number of piperidine rings is 1. The summed E-state index contributed by atoms with van der Waals surface area (Å²) in [6.45, 7) is 4.36. The highest BCUT2D eigenvalue weighted by molar-refractivity contribution is 6.33. The van der Waals surface area contributed by atoms with Gasteiger partial charge >= 0.3 is 0 Å². The Morgan fingerprint density at radius 3 is 2.92 bits per heavy atom. The smallest absolute Gasteiger partial charge is 0.255 e. The van der Waals surface area contributed by atoms with E-state index in [1.807, 2.05) is 13.0 Å². The number of benzene rings is 1. The maximum absolute atomic E-state index is 12.9. The Morgan fingerprint density at radius 1 is 1.46 bits per heavy atom. The van der Waals surface area contributed by atoms with Crippen LogP contribution in [0.15, 0.2) is 22.6 Å². The van der Waals surface area contributed by atoms with E-state index >= 15 is 0 Å². The third-order valence-electron chi connectivity index (χ3n) is 4.43. The number of nitrogens with zero attached hydrogens (tertiary/aromatic N) is 4. The molecule has 1 aliphatic heterocycles. The Hall–Kier alpha value is -2.39. The molecule has 1 aliphatic rings. The van der Waals surface area contributed by atoms with E-state index in [2.05, 4.69) is 10.2 Å². The Kier molecular flexibility index (Phi) is 4.54. The Labute approximate surface area is 145 Å². The number of aromatic nitrogens is 2. The first-order valence-electron chi connectivity index (χ1n) is 7.82. The summed E-state index contributed by atoms with van der Waals surface area (Å²) in [7, 11) is 0. The summed E-state index contributed by atoms with van der Waals surface area (Å²) in [5.41, 5.74) is 0.765. The third-order valence-corrected chi connectivity index (χ3v) is 4.76. The largest absolute Gasteiger partial charge is 0.425 e. The highest BCUT2D eigenvalue weighted by Gasteiger charge is 2.36. The van der Waals surface area contributed by atoms with Crippen LogP contribution in [-0.2, 0) is 0 Å². The van der Waals surface area contributed by atoms with Gasteiger partial charge in [-0.1, -0.05) is 11.6 Å². The Morgan fingerprint density at radius 2 is 2.25 bits per heavy atom. The van der Waals surface area contributed by atoms with Crippen LogP contribution in [0.5, 0.6) is 0 Å². The van der Waals surface area contributed by atoms with Gasteiger partial charge in [-0.25, -0.2) is 0 Å². The minimum atomic E-state index is -0.175. The number of likely N-dealkylation sites (tertiary alicyclic amines) is 1. The molecule has 1 aromatic carbocycles. The molecule has 1 saturated heterocycles. The predicted molar refractivity (Wildman–Crippen MR) is 87.7 cm³/mol. The molecule has 0 bridgehead atoms. The summed E-state index contributed by atoms with van der Waals surface area (Å²) in [4.78, 5) is 14.7. The molecular formula is C17H17ClN4O2. The molecule has 7 heteroatoms. The molecule has 6 nitrogen and oxygen atoms in total. The number of aryl methyl sites for hydroxylation is 1. The van der Waals surface area contributed by atoms with E-state index in [0.717, 1.165) is 12.8 Å². The monoisotopic (exact) mass is 344 g/mol. The molecule has 1 fully saturated rings. The highest BCUT2D eigenvalue weighted by Crippen LogP contribution is 2.33. The van der Waals surface area contributed by atoms with E-state index in [0.29, 0.717) is 34.5 Å². The number of hydrogen-bond donors (Lipinski definition) is 0. The standard InChI is InChI=1S/C17H17ClN4O2/c1-10-13(16-21-20-11(2)24-16)4-3-7-22(10)17(23)14-8-12(9-19)5-6-15(14)18/h5-6,8,10,13H,3-4,7H2,1-2H3/t10-,13-/m0/s1. The lowest BCUT2D eigenvalue weighted by Crippen LogP contribution is -2.46. The number of nitriles is 1. The van der Waals surface area contributed by atoms with Crippen molar-refractivity contribution >= 4 is 17.5 Å². The lowest BCUT2D eigenvalue weighted by atomic mass is 9.89. The number of carbonyl (C=O) groups excluding carboxylic acids is 1. The van der Waals surface area contributed by atoms with Crippen LogP contribution in [0.3, 0.4) is 0 Å². The van der Waals surface area contributed by atoms with E-state index in [-0.39, 0.29) is 17.9 Å². The zero-order valence-corrected chi connectivity index (χ0v) is 14.2. The quantitative estimate of drug-likeness (QED) is 0.834. The van der Waals surface area contributed by atoms with Crippen molar-refractivity contribution in [1.29, 1.82) is 5.26 Å². The summed E-state index contributed by atoms with van der Waals surface area (Å²) in [5, 5.41) is 17.4. The van der Waals surface area contributed by atoms with Crippen LogP contribution in [0.1, 0.15) is 53.4 Å². The summed E-state index contributed by atoms with van der Waals surface area (Å²) < 4.78 is 5.56. The zero-order chi connectivity index (χ0) is 17.3. The normalized spacial score (nSPS) is 20.7. The Bertz CT molecular complexity index is 811. The van der Waals surface area contributed by atoms with Crippen molar-refractivity contribution < 1.29 is 9.21 Å². The molecule has 0 aliphatic carbocycles. The SMILES string of the molecule is Cc1nnc([C@H]2CCCN(C(=O)c3cc(C#N)ccc3Cl)[C@H]2C)o1. The van der Waals surface area contributed by atoms with Crippen molar-refractivity contribution in [2.24, 2.45) is 0 Å². The molecule has 24 heavy (non-hydrogen) atoms. The van der Waals surface area contributed by atoms with Crippen molar-refractivity contribution in [3.8, 4) is 6.07 Å². The first-order valence-corrected chi connectivity index (χ1v) is 8.19. The Balaban J connectivity index is 1.88. The average molecular weight is 345 g/mol. The molecule has 1 aromatic heterocycles. The van der Waals surface area contributed by atoms with Gasteiger partial charge in [-0.3, -0.25) is 4.79 Å². The van der Waals surface area contributed by atoms with E-state index in [1.165, 1.54) is 6.07 Å². The molecule has 0 radical (unpaired) electrons. The lowest BCUT2D eigenvalue weighted by molar-refractivity contribution is 0.0582. The van der Waals surface area contributed by atoms with Crippen molar-refractivity contribution in [3.05, 3.63) is 46.1 Å². The van der Waals surface area contributed by atoms with E-state index in [4.69, 9.17) is 21.3 Å². The summed E-state index contributed by atoms with van der Waals surface area (Å²) >= 11 is 6.17. The van der Waals surface area contributed by atoms with Crippen molar-refractivity contribution in [1.82, 2.24) is 15.1 Å². The van der Waals surface area contributed by atoms with Crippen molar-refractivity contribution in [3.63, 3.8) is 0 Å². The van der Waals surface area contributed by atoms with Gasteiger partial charge in [0.1, 0.15) is 0 Å². The van der Waals surface area contributed by atoms with Crippen molar-refractivity contribution in [2.75, 3.05) is 6.54 Å². The van der Waals surface area contributed by atoms with Gasteiger partial charge in [-0.05, 0) is 38.0 Å². The average Bonchev–Trinajstić information content (AvgIpc) is 3.01. The van der Waals surface area contributed by atoms with Crippen molar-refractivity contribution in [2.45, 2.75) is 38.6 Å². The second kappa shape index (κ2) is 6.62. The highest BCUT2D eigenvalue weighted by atomic mass is 35.5. The molecule has 0 spiro atoms. The van der Waals surface area contributed by atoms with Crippen LogP contribution in [0.25, 0.3) is 0 Å². The van der Waals surface area contributed by atoms with Gasteiger partial charge in [0.25, 0.3) is 5.91 Å². The summed E-state index contributed by atoms with van der Waals surface area (Å²) in [6, 6.07) is 6.67. The molecule has 124 valence electrons. The van der Waals surface area contributed by atoms with Gasteiger partial charge < -0.3 is 9.32 Å². The van der Waals surface area contributed by atoms with Crippen LogP contribution < -0.4 is 0 Å². The number of halogens is 1. The van der Waals surface area contributed by atoms with Gasteiger partial charge in [0.05, 0.1) is 28.1 Å². The number of hydrogen-bond acceptors (Lipinski definition) is 5. The third kappa shape index (κ3) is 3.00. The first kappa shape index (κ1) is 16.5. The number of rotatable bonds is 2. The fourth-order valence-electron chi connectivity index (χ4n) is 3.14. The minimum Gasteiger partial charge on any atom is -0.425 e. The fourth-order valence-corrected chi connectivity index (χ4v) is 3.33. The lowest BCUT2D eigenvalue weighted by Gasteiger charge is -2.38. The predicted octanol–water partition coefficient (Wildman–Crippen LogP) is 3.31. The zero-order valence-electron chi connectivity index (χ0n) is 13.5. The molecule has 1 amide bonds. The topological polar surface area (TPSA) is 83.0 Å². The summed E-state index contributed by atoms with van der Waals surface area (Å²) in [6.07, 6.45) is 1.73. The maximum Gasteiger partial charge on any atom is 0.255 e. The molecule has 2 heterocycles. The number of carbonyl (C=O) groups is 1. The minimum absolute atomic E-state index is 0.00169. The second-order valence-corrected chi connectivity index (χ2v) is 6.36. The fraction of sp³-hybridized carbons (Fsp3) is 0.412. The molecule has 0 N–H and O–H groups in total. The maximum atomic E-state index is 12.9. The molecular weight excluding hydrogens is 328 g/mol. The van der Waals surface area contributed by atoms with Gasteiger partial charge in [0, 0.05) is 19.5 Å². The molecule has 0 saturated carbocycles. The van der Waals surface area contributed by atoms with Crippen LogP contribution in [0, 0.1) is 18.3 Å². The first-order chi connectivity index (χ1) is 11.5. The van der Waals surface area contributed by atoms with Gasteiger partial charge in [-0.2, -0.15) is 5.26 Å². The molecule has 0 unspecified atom stereocenters. The van der Waals surface area contributed by atoms with E-state index in [1.54, 1.807) is 24.0 Å². The van der Waals surface area contributed by atoms with E-state index in [9.17, 15) is 4.79 Å². The second-order valence-electron chi connectivity index (χ2n) is 5.95. The molecule has 3 rings (SSSR count). The van der Waals surface area contributed by atoms with E-state index < -0.39 is 0 Å². The van der Waals surface area contributed by atoms with Gasteiger partial charge in [-0.15, -0.1) is 10.2 Å². The molecule has 2 atom stereocenters.